The summed E-state index contributed by atoms with van der Waals surface area (Å²) >= 11 is 0. The summed E-state index contributed by atoms with van der Waals surface area (Å²) in [6.07, 6.45) is 3.61. The fourth-order valence-corrected chi connectivity index (χ4v) is 3.08. The van der Waals surface area contributed by atoms with E-state index in [1.807, 2.05) is 17.9 Å². The molecule has 0 radical (unpaired) electrons. The van der Waals surface area contributed by atoms with E-state index in [0.29, 0.717) is 17.2 Å². The molecule has 8 nitrogen and oxygen atoms in total. The van der Waals surface area contributed by atoms with Gasteiger partial charge in [0.2, 0.25) is 5.91 Å². The van der Waals surface area contributed by atoms with Crippen molar-refractivity contribution in [3.05, 3.63) is 35.7 Å². The van der Waals surface area contributed by atoms with Gasteiger partial charge in [-0.1, -0.05) is 6.92 Å². The summed E-state index contributed by atoms with van der Waals surface area (Å²) in [6, 6.07) is 5.36. The summed E-state index contributed by atoms with van der Waals surface area (Å²) in [5.74, 6) is 0.379. The van der Waals surface area contributed by atoms with Crippen molar-refractivity contribution in [2.24, 2.45) is 5.92 Å². The Morgan fingerprint density at radius 1 is 1.36 bits per heavy atom. The van der Waals surface area contributed by atoms with Crippen LogP contribution in [0, 0.1) is 12.8 Å². The first-order valence-electron chi connectivity index (χ1n) is 8.43. The van der Waals surface area contributed by atoms with Crippen LogP contribution in [0.4, 0.5) is 5.69 Å². The molecule has 1 saturated heterocycles. The zero-order valence-electron chi connectivity index (χ0n) is 14.5. The molecule has 1 aliphatic rings. The van der Waals surface area contributed by atoms with Gasteiger partial charge in [-0.3, -0.25) is 9.59 Å². The minimum atomic E-state index is -0.223. The number of benzene rings is 1. The largest absolute Gasteiger partial charge is 0.338 e. The maximum atomic E-state index is 12.7. The lowest BCUT2D eigenvalue weighted by Gasteiger charge is -2.31. The number of likely N-dealkylation sites (tertiary alicyclic amines) is 1. The summed E-state index contributed by atoms with van der Waals surface area (Å²) in [4.78, 5) is 26.6. The van der Waals surface area contributed by atoms with Gasteiger partial charge in [-0.15, -0.1) is 5.10 Å². The molecule has 0 bridgehead atoms. The third-order valence-electron chi connectivity index (χ3n) is 4.39. The number of amides is 2. The number of rotatable bonds is 4. The van der Waals surface area contributed by atoms with Crippen LogP contribution >= 0.6 is 0 Å². The van der Waals surface area contributed by atoms with E-state index in [4.69, 9.17) is 0 Å². The van der Waals surface area contributed by atoms with Gasteiger partial charge in [0.05, 0.1) is 0 Å². The molecule has 1 aliphatic heterocycles. The van der Waals surface area contributed by atoms with E-state index < -0.39 is 0 Å². The summed E-state index contributed by atoms with van der Waals surface area (Å²) in [5.41, 5.74) is 2.19. The Morgan fingerprint density at radius 2 is 2.20 bits per heavy atom. The van der Waals surface area contributed by atoms with Crippen LogP contribution in [0.3, 0.4) is 0 Å². The molecule has 1 aromatic heterocycles. The van der Waals surface area contributed by atoms with E-state index in [2.05, 4.69) is 27.8 Å². The third kappa shape index (κ3) is 4.20. The number of nitrogens with one attached hydrogen (secondary N) is 1. The van der Waals surface area contributed by atoms with Crippen LogP contribution in [-0.4, -0.2) is 50.0 Å². The summed E-state index contributed by atoms with van der Waals surface area (Å²) in [6.45, 7) is 5.71. The van der Waals surface area contributed by atoms with Gasteiger partial charge in [-0.2, -0.15) is 0 Å². The summed E-state index contributed by atoms with van der Waals surface area (Å²) < 4.78 is 1.35. The SMILES string of the molecule is Cc1cc(C(=O)N2CCC[C@H](C)C2)ccc1NC(=O)Cn1cnnn1. The monoisotopic (exact) mass is 342 g/mol. The van der Waals surface area contributed by atoms with Crippen molar-refractivity contribution >= 4 is 17.5 Å². The van der Waals surface area contributed by atoms with Gasteiger partial charge in [-0.05, 0) is 59.9 Å². The second-order valence-corrected chi connectivity index (χ2v) is 6.58. The number of carbonyl (C=O) groups is 2. The van der Waals surface area contributed by atoms with Crippen molar-refractivity contribution in [2.45, 2.75) is 33.2 Å². The van der Waals surface area contributed by atoms with E-state index in [1.54, 1.807) is 12.1 Å². The van der Waals surface area contributed by atoms with E-state index in [9.17, 15) is 9.59 Å². The number of aryl methyl sites for hydroxylation is 1. The first-order valence-corrected chi connectivity index (χ1v) is 8.43. The minimum Gasteiger partial charge on any atom is -0.338 e. The molecule has 1 atom stereocenters. The molecule has 25 heavy (non-hydrogen) atoms. The first-order chi connectivity index (χ1) is 12.0. The fourth-order valence-electron chi connectivity index (χ4n) is 3.08. The van der Waals surface area contributed by atoms with Crippen molar-refractivity contribution in [1.82, 2.24) is 25.1 Å². The molecule has 1 fully saturated rings. The van der Waals surface area contributed by atoms with Crippen molar-refractivity contribution < 1.29 is 9.59 Å². The molecule has 1 aromatic carbocycles. The average molecular weight is 342 g/mol. The minimum absolute atomic E-state index is 0.0405. The molecule has 1 N–H and O–H groups in total. The number of hydrogen-bond acceptors (Lipinski definition) is 5. The zero-order chi connectivity index (χ0) is 17.8. The molecule has 3 rings (SSSR count). The average Bonchev–Trinajstić information content (AvgIpc) is 3.09. The summed E-state index contributed by atoms with van der Waals surface area (Å²) in [7, 11) is 0. The predicted molar refractivity (Wildman–Crippen MR) is 91.9 cm³/mol. The molecule has 0 spiro atoms. The molecule has 2 aromatic rings. The highest BCUT2D eigenvalue weighted by atomic mass is 16.2. The molecule has 132 valence electrons. The Hall–Kier alpha value is -2.77. The van der Waals surface area contributed by atoms with E-state index in [0.717, 1.165) is 25.1 Å². The molecule has 8 heteroatoms. The van der Waals surface area contributed by atoms with Gasteiger partial charge in [0.15, 0.2) is 0 Å². The zero-order valence-corrected chi connectivity index (χ0v) is 14.5. The maximum absolute atomic E-state index is 12.7. The molecule has 0 unspecified atom stereocenters. The van der Waals surface area contributed by atoms with E-state index in [-0.39, 0.29) is 18.4 Å². The Bertz CT molecular complexity index is 759. The summed E-state index contributed by atoms with van der Waals surface area (Å²) in [5, 5.41) is 13.5. The van der Waals surface area contributed by atoms with Gasteiger partial charge in [0, 0.05) is 24.3 Å². The lowest BCUT2D eigenvalue weighted by atomic mass is 9.99. The molecule has 2 amide bonds. The van der Waals surface area contributed by atoms with Crippen LogP contribution < -0.4 is 5.32 Å². The lowest BCUT2D eigenvalue weighted by Crippen LogP contribution is -2.39. The Balaban J connectivity index is 1.66. The first kappa shape index (κ1) is 17.1. The highest BCUT2D eigenvalue weighted by Gasteiger charge is 2.22. The second-order valence-electron chi connectivity index (χ2n) is 6.58. The van der Waals surface area contributed by atoms with Gasteiger partial charge in [0.1, 0.15) is 12.9 Å². The highest BCUT2D eigenvalue weighted by Crippen LogP contribution is 2.21. The number of piperidine rings is 1. The van der Waals surface area contributed by atoms with Crippen molar-refractivity contribution in [3.8, 4) is 0 Å². The van der Waals surface area contributed by atoms with E-state index >= 15 is 0 Å². The molecule has 2 heterocycles. The van der Waals surface area contributed by atoms with Crippen LogP contribution in [0.2, 0.25) is 0 Å². The Morgan fingerprint density at radius 3 is 2.88 bits per heavy atom. The number of anilines is 1. The fraction of sp³-hybridized carbons (Fsp3) is 0.471. The smallest absolute Gasteiger partial charge is 0.253 e. The van der Waals surface area contributed by atoms with Gasteiger partial charge >= 0.3 is 0 Å². The van der Waals surface area contributed by atoms with Crippen LogP contribution in [0.25, 0.3) is 0 Å². The van der Waals surface area contributed by atoms with E-state index in [1.165, 1.54) is 17.4 Å². The molecule has 0 saturated carbocycles. The van der Waals surface area contributed by atoms with Crippen LogP contribution in [0.5, 0.6) is 0 Å². The van der Waals surface area contributed by atoms with Crippen molar-refractivity contribution in [1.29, 1.82) is 0 Å². The maximum Gasteiger partial charge on any atom is 0.253 e. The number of hydrogen-bond donors (Lipinski definition) is 1. The van der Waals surface area contributed by atoms with Gasteiger partial charge in [0.25, 0.3) is 5.91 Å². The Labute approximate surface area is 146 Å². The second kappa shape index (κ2) is 7.42. The number of aromatic nitrogens is 4. The van der Waals surface area contributed by atoms with Crippen molar-refractivity contribution in [3.63, 3.8) is 0 Å². The predicted octanol–water partition coefficient (Wildman–Crippen LogP) is 1.49. The standard InChI is InChI=1S/C17H22N6O2/c1-12-4-3-7-22(9-12)17(25)14-5-6-15(13(2)8-14)19-16(24)10-23-11-18-20-21-23/h5-6,8,11-12H,3-4,7,9-10H2,1-2H3,(H,19,24)/t12-/m0/s1. The third-order valence-corrected chi connectivity index (χ3v) is 4.39. The molecular formula is C17H22N6O2. The number of carbonyl (C=O) groups excluding carboxylic acids is 2. The highest BCUT2D eigenvalue weighted by molar-refractivity contribution is 5.96. The van der Waals surface area contributed by atoms with Gasteiger partial charge < -0.3 is 10.2 Å². The quantitative estimate of drug-likeness (QED) is 0.909. The normalized spacial score (nSPS) is 17.4. The van der Waals surface area contributed by atoms with Crippen LogP contribution in [0.15, 0.2) is 24.5 Å². The topological polar surface area (TPSA) is 93.0 Å². The molecular weight excluding hydrogens is 320 g/mol. The Kier molecular flexibility index (Phi) is 5.06. The van der Waals surface area contributed by atoms with Crippen LogP contribution in [-0.2, 0) is 11.3 Å². The van der Waals surface area contributed by atoms with Gasteiger partial charge in [-0.25, -0.2) is 4.68 Å². The van der Waals surface area contributed by atoms with Crippen molar-refractivity contribution in [2.75, 3.05) is 18.4 Å². The lowest BCUT2D eigenvalue weighted by molar-refractivity contribution is -0.116. The number of nitrogens with zero attached hydrogens (tertiary/aromatic N) is 5. The number of tetrazole rings is 1. The van der Waals surface area contributed by atoms with Crippen LogP contribution in [0.1, 0.15) is 35.7 Å². The molecule has 0 aliphatic carbocycles.